The Morgan fingerprint density at radius 3 is 2.76 bits per heavy atom. The van der Waals surface area contributed by atoms with Gasteiger partial charge in [-0.2, -0.15) is 0 Å². The molecule has 0 aliphatic heterocycles. The van der Waals surface area contributed by atoms with Crippen molar-refractivity contribution in [3.63, 3.8) is 0 Å². The molecule has 3 nitrogen and oxygen atoms in total. The van der Waals surface area contributed by atoms with Gasteiger partial charge < -0.3 is 9.88 Å². The molecule has 6 heteroatoms. The van der Waals surface area contributed by atoms with Crippen molar-refractivity contribution in [2.45, 2.75) is 6.54 Å². The monoisotopic (exact) mass is 351 g/mol. The quantitative estimate of drug-likeness (QED) is 0.763. The van der Waals surface area contributed by atoms with Crippen molar-refractivity contribution in [1.82, 2.24) is 9.55 Å². The van der Waals surface area contributed by atoms with Crippen molar-refractivity contribution in [2.75, 3.05) is 11.9 Å². The van der Waals surface area contributed by atoms with Crippen molar-refractivity contribution in [1.29, 1.82) is 0 Å². The fourth-order valence-corrected chi connectivity index (χ4v) is 2.55. The van der Waals surface area contributed by atoms with E-state index in [0.717, 1.165) is 16.2 Å². The highest BCUT2D eigenvalue weighted by Gasteiger charge is 2.08. The van der Waals surface area contributed by atoms with Gasteiger partial charge in [0.15, 0.2) is 11.6 Å². The molecule has 0 saturated carbocycles. The smallest absolute Gasteiger partial charge is 0.161 e. The molecule has 0 atom stereocenters. The largest absolute Gasteiger partial charge is 0.383 e. The van der Waals surface area contributed by atoms with E-state index >= 15 is 0 Å². The molecule has 0 unspecified atom stereocenters. The molecule has 0 spiro atoms. The van der Waals surface area contributed by atoms with Crippen LogP contribution in [0.3, 0.4) is 0 Å². The normalized spacial score (nSPS) is 11.0. The molecular weight excluding hydrogens is 340 g/mol. The predicted molar refractivity (Wildman–Crippen MR) is 82.3 cm³/mol. The Hall–Kier alpha value is -1.95. The Balaban J connectivity index is 1.72. The van der Waals surface area contributed by atoms with Gasteiger partial charge in [-0.3, -0.25) is 0 Å². The van der Waals surface area contributed by atoms with Crippen LogP contribution in [-0.2, 0) is 6.54 Å². The molecule has 3 rings (SSSR count). The van der Waals surface area contributed by atoms with Crippen molar-refractivity contribution >= 4 is 32.7 Å². The first-order chi connectivity index (χ1) is 10.1. The number of hydrogen-bond donors (Lipinski definition) is 1. The molecule has 21 heavy (non-hydrogen) atoms. The van der Waals surface area contributed by atoms with Gasteiger partial charge >= 0.3 is 0 Å². The van der Waals surface area contributed by atoms with Gasteiger partial charge in [-0.25, -0.2) is 13.8 Å². The summed E-state index contributed by atoms with van der Waals surface area (Å²) < 4.78 is 29.2. The number of fused-ring (bicyclic) bond motifs is 1. The van der Waals surface area contributed by atoms with E-state index in [1.807, 2.05) is 24.3 Å². The number of benzene rings is 2. The summed E-state index contributed by atoms with van der Waals surface area (Å²) in [4.78, 5) is 4.08. The highest BCUT2D eigenvalue weighted by atomic mass is 79.9. The van der Waals surface area contributed by atoms with Crippen LogP contribution in [0, 0.1) is 11.6 Å². The van der Waals surface area contributed by atoms with E-state index in [0.29, 0.717) is 24.1 Å². The molecule has 0 aliphatic carbocycles. The molecule has 0 aliphatic rings. The third kappa shape index (κ3) is 3.05. The van der Waals surface area contributed by atoms with E-state index in [4.69, 9.17) is 0 Å². The van der Waals surface area contributed by atoms with Gasteiger partial charge in [-0.05, 0) is 18.2 Å². The minimum atomic E-state index is -0.875. The second kappa shape index (κ2) is 5.81. The fourth-order valence-electron chi connectivity index (χ4n) is 2.15. The third-order valence-corrected chi connectivity index (χ3v) is 3.66. The molecular formula is C15H12BrF2N3. The number of hydrogen-bond acceptors (Lipinski definition) is 2. The lowest BCUT2D eigenvalue weighted by molar-refractivity contribution is 0.510. The maximum atomic E-state index is 13.3. The van der Waals surface area contributed by atoms with E-state index in [1.165, 1.54) is 6.07 Å². The molecule has 1 N–H and O–H groups in total. The maximum absolute atomic E-state index is 13.3. The zero-order valence-electron chi connectivity index (χ0n) is 11.0. The number of rotatable bonds is 4. The molecule has 0 fully saturated rings. The minimum Gasteiger partial charge on any atom is -0.383 e. The molecule has 2 aromatic carbocycles. The Labute approximate surface area is 128 Å². The lowest BCUT2D eigenvalue weighted by Crippen LogP contribution is -2.09. The van der Waals surface area contributed by atoms with Crippen LogP contribution in [0.15, 0.2) is 47.2 Å². The van der Waals surface area contributed by atoms with Crippen LogP contribution in [0.4, 0.5) is 14.5 Å². The first-order valence-electron chi connectivity index (χ1n) is 6.43. The number of aromatic nitrogens is 2. The average Bonchev–Trinajstić information content (AvgIpc) is 2.82. The molecule has 0 saturated heterocycles. The summed E-state index contributed by atoms with van der Waals surface area (Å²) in [6, 6.07) is 10.1. The van der Waals surface area contributed by atoms with Gasteiger partial charge in [0, 0.05) is 35.4 Å². The molecule has 0 radical (unpaired) electrons. The number of imidazole rings is 1. The van der Waals surface area contributed by atoms with Gasteiger partial charge in [0.05, 0.1) is 17.4 Å². The third-order valence-electron chi connectivity index (χ3n) is 3.17. The van der Waals surface area contributed by atoms with Crippen LogP contribution < -0.4 is 5.32 Å². The highest BCUT2D eigenvalue weighted by Crippen LogP contribution is 2.18. The molecule has 108 valence electrons. The maximum Gasteiger partial charge on any atom is 0.161 e. The van der Waals surface area contributed by atoms with Gasteiger partial charge in [0.1, 0.15) is 0 Å². The number of halogens is 3. The molecule has 1 heterocycles. The van der Waals surface area contributed by atoms with Crippen LogP contribution in [0.5, 0.6) is 0 Å². The summed E-state index contributed by atoms with van der Waals surface area (Å²) in [5, 5.41) is 3.27. The number of anilines is 1. The fraction of sp³-hybridized carbons (Fsp3) is 0.133. The van der Waals surface area contributed by atoms with Crippen molar-refractivity contribution in [2.24, 2.45) is 0 Å². The van der Waals surface area contributed by atoms with E-state index in [1.54, 1.807) is 10.9 Å². The summed E-state index contributed by atoms with van der Waals surface area (Å²) in [5.41, 5.74) is 2.03. The van der Waals surface area contributed by atoms with Crippen molar-refractivity contribution in [3.8, 4) is 0 Å². The molecule has 0 bridgehead atoms. The first kappa shape index (κ1) is 14.0. The zero-order valence-corrected chi connectivity index (χ0v) is 12.6. The summed E-state index contributed by atoms with van der Waals surface area (Å²) in [6.07, 6.45) is 1.59. The van der Waals surface area contributed by atoms with Gasteiger partial charge in [0.2, 0.25) is 0 Å². The van der Waals surface area contributed by atoms with Gasteiger partial charge in [0.25, 0.3) is 0 Å². The minimum absolute atomic E-state index is 0.455. The van der Waals surface area contributed by atoms with Crippen LogP contribution in [0.2, 0.25) is 0 Å². The lowest BCUT2D eigenvalue weighted by atomic mass is 10.3. The first-order valence-corrected chi connectivity index (χ1v) is 7.22. The Kier molecular flexibility index (Phi) is 3.88. The Bertz CT molecular complexity index is 786. The van der Waals surface area contributed by atoms with Crippen molar-refractivity contribution < 1.29 is 8.78 Å². The van der Waals surface area contributed by atoms with Crippen LogP contribution >= 0.6 is 15.9 Å². The van der Waals surface area contributed by atoms with E-state index in [9.17, 15) is 8.78 Å². The average molecular weight is 352 g/mol. The number of nitrogens with one attached hydrogen (secondary N) is 1. The molecule has 0 amide bonds. The second-order valence-corrected chi connectivity index (χ2v) is 5.55. The lowest BCUT2D eigenvalue weighted by Gasteiger charge is -2.08. The Morgan fingerprint density at radius 1 is 1.14 bits per heavy atom. The number of nitrogens with zero attached hydrogens (tertiary/aromatic N) is 2. The predicted octanol–water partition coefficient (Wildman–Crippen LogP) is 4.19. The second-order valence-electron chi connectivity index (χ2n) is 4.63. The SMILES string of the molecule is Fc1cc2ncn(CCNc3cccc(Br)c3)c2cc1F. The molecule has 1 aromatic heterocycles. The van der Waals surface area contributed by atoms with E-state index in [-0.39, 0.29) is 0 Å². The Morgan fingerprint density at radius 2 is 1.95 bits per heavy atom. The standard InChI is InChI=1S/C15H12BrF2N3/c16-10-2-1-3-11(6-10)19-4-5-21-9-20-14-7-12(17)13(18)8-15(14)21/h1-3,6-9,19H,4-5H2. The van der Waals surface area contributed by atoms with Crippen LogP contribution in [0.25, 0.3) is 11.0 Å². The highest BCUT2D eigenvalue weighted by molar-refractivity contribution is 9.10. The van der Waals surface area contributed by atoms with Gasteiger partial charge in [-0.1, -0.05) is 22.0 Å². The summed E-state index contributed by atoms with van der Waals surface area (Å²) >= 11 is 3.41. The van der Waals surface area contributed by atoms with E-state index < -0.39 is 11.6 Å². The van der Waals surface area contributed by atoms with Crippen LogP contribution in [0.1, 0.15) is 0 Å². The van der Waals surface area contributed by atoms with Crippen molar-refractivity contribution in [3.05, 3.63) is 58.8 Å². The molecule has 3 aromatic rings. The summed E-state index contributed by atoms with van der Waals surface area (Å²) in [5.74, 6) is -1.73. The summed E-state index contributed by atoms with van der Waals surface area (Å²) in [7, 11) is 0. The summed E-state index contributed by atoms with van der Waals surface area (Å²) in [6.45, 7) is 1.26. The van der Waals surface area contributed by atoms with Gasteiger partial charge in [-0.15, -0.1) is 0 Å². The van der Waals surface area contributed by atoms with E-state index in [2.05, 4.69) is 26.2 Å². The topological polar surface area (TPSA) is 29.9 Å². The zero-order chi connectivity index (χ0) is 14.8. The van der Waals surface area contributed by atoms with Crippen LogP contribution in [-0.4, -0.2) is 16.1 Å².